The maximum Gasteiger partial charge on any atom is 0.257 e. The molecule has 10 heteroatoms. The maximum atomic E-state index is 14.8. The van der Waals surface area contributed by atoms with Crippen molar-refractivity contribution < 1.29 is 22.4 Å². The van der Waals surface area contributed by atoms with Gasteiger partial charge in [0.2, 0.25) is 0 Å². The van der Waals surface area contributed by atoms with Gasteiger partial charge < -0.3 is 10.6 Å². The van der Waals surface area contributed by atoms with Crippen LogP contribution < -0.4 is 10.6 Å². The molecule has 0 radical (unpaired) electrons. The zero-order chi connectivity index (χ0) is 23.0. The van der Waals surface area contributed by atoms with Crippen molar-refractivity contribution in [2.75, 3.05) is 13.1 Å². The van der Waals surface area contributed by atoms with E-state index in [1.165, 1.54) is 16.9 Å². The van der Waals surface area contributed by atoms with Gasteiger partial charge in [-0.15, -0.1) is 0 Å². The van der Waals surface area contributed by atoms with E-state index >= 15 is 0 Å². The van der Waals surface area contributed by atoms with Crippen LogP contribution in [0.1, 0.15) is 28.3 Å². The highest BCUT2D eigenvalue weighted by atomic mass is 35.5. The minimum absolute atomic E-state index is 0.139. The molecule has 168 valence electrons. The highest BCUT2D eigenvalue weighted by Crippen LogP contribution is 2.31. The van der Waals surface area contributed by atoms with Crippen molar-refractivity contribution in [2.24, 2.45) is 7.05 Å². The fourth-order valence-corrected chi connectivity index (χ4v) is 4.33. The van der Waals surface area contributed by atoms with Crippen molar-refractivity contribution in [1.29, 1.82) is 0 Å². The maximum absolute atomic E-state index is 14.8. The first-order valence-electron chi connectivity index (χ1n) is 9.89. The van der Waals surface area contributed by atoms with Crippen molar-refractivity contribution in [3.8, 4) is 11.3 Å². The molecule has 4 rings (SSSR count). The summed E-state index contributed by atoms with van der Waals surface area (Å²) in [5.74, 6) is -5.36. The molecule has 1 fully saturated rings. The summed E-state index contributed by atoms with van der Waals surface area (Å²) in [5, 5.41) is 9.88. The first-order valence-corrected chi connectivity index (χ1v) is 10.3. The molecule has 1 aliphatic rings. The van der Waals surface area contributed by atoms with Gasteiger partial charge in [0.15, 0.2) is 11.6 Å². The van der Waals surface area contributed by atoms with Gasteiger partial charge in [0, 0.05) is 31.1 Å². The Morgan fingerprint density at radius 1 is 1.12 bits per heavy atom. The zero-order valence-electron chi connectivity index (χ0n) is 16.9. The number of aromatic nitrogens is 2. The molecule has 1 amide bonds. The van der Waals surface area contributed by atoms with E-state index < -0.39 is 40.8 Å². The molecule has 2 N–H and O–H groups in total. The van der Waals surface area contributed by atoms with Crippen LogP contribution in [0.5, 0.6) is 0 Å². The van der Waals surface area contributed by atoms with Crippen LogP contribution in [-0.2, 0) is 7.05 Å². The Balaban J connectivity index is 1.60. The molecule has 0 saturated carbocycles. The van der Waals surface area contributed by atoms with Gasteiger partial charge in [-0.25, -0.2) is 17.6 Å². The number of rotatable bonds is 4. The topological polar surface area (TPSA) is 59.0 Å². The summed E-state index contributed by atoms with van der Waals surface area (Å²) in [7, 11) is 1.58. The molecule has 2 aromatic carbocycles. The number of nitrogens with zero attached hydrogens (tertiary/aromatic N) is 2. The Kier molecular flexibility index (Phi) is 6.21. The number of benzene rings is 2. The van der Waals surface area contributed by atoms with Gasteiger partial charge in [-0.05, 0) is 42.8 Å². The van der Waals surface area contributed by atoms with Crippen LogP contribution >= 0.6 is 11.6 Å². The predicted molar refractivity (Wildman–Crippen MR) is 111 cm³/mol. The molecule has 3 aromatic rings. The average molecular weight is 467 g/mol. The Morgan fingerprint density at radius 3 is 2.47 bits per heavy atom. The fourth-order valence-electron chi connectivity index (χ4n) is 4.05. The second-order valence-electron chi connectivity index (χ2n) is 7.63. The third-order valence-electron chi connectivity index (χ3n) is 5.61. The number of hydrogen-bond donors (Lipinski definition) is 2. The Bertz CT molecular complexity index is 1140. The van der Waals surface area contributed by atoms with Crippen LogP contribution in [0.15, 0.2) is 36.5 Å². The SMILES string of the molecule is Cn1ncc(Cl)c1-c1cc(F)c(C(=O)N[C@@H]2CNCC[C@H]2c2ccc(F)c(F)c2)c(F)c1. The minimum atomic E-state index is -1.05. The Labute approximate surface area is 186 Å². The smallest absolute Gasteiger partial charge is 0.257 e. The molecule has 1 aliphatic heterocycles. The van der Waals surface area contributed by atoms with Crippen LogP contribution in [0.2, 0.25) is 5.02 Å². The summed E-state index contributed by atoms with van der Waals surface area (Å²) < 4.78 is 58.0. The van der Waals surface area contributed by atoms with Gasteiger partial charge in [-0.2, -0.15) is 5.10 Å². The van der Waals surface area contributed by atoms with Gasteiger partial charge in [0.1, 0.15) is 17.2 Å². The predicted octanol–water partition coefficient (Wildman–Crippen LogP) is 4.17. The highest BCUT2D eigenvalue weighted by molar-refractivity contribution is 6.33. The first kappa shape index (κ1) is 22.3. The quantitative estimate of drug-likeness (QED) is 0.567. The van der Waals surface area contributed by atoms with Crippen LogP contribution in [0.3, 0.4) is 0 Å². The molecule has 0 aliphatic carbocycles. The van der Waals surface area contributed by atoms with Gasteiger partial charge >= 0.3 is 0 Å². The average Bonchev–Trinajstić information content (AvgIpc) is 3.08. The van der Waals surface area contributed by atoms with Gasteiger partial charge in [0.05, 0.1) is 16.9 Å². The van der Waals surface area contributed by atoms with Crippen LogP contribution in [0, 0.1) is 23.3 Å². The lowest BCUT2D eigenvalue weighted by Gasteiger charge is -2.33. The third kappa shape index (κ3) is 4.22. The molecular weight excluding hydrogens is 448 g/mol. The molecule has 0 spiro atoms. The summed E-state index contributed by atoms with van der Waals surface area (Å²) in [6.45, 7) is 0.903. The zero-order valence-corrected chi connectivity index (χ0v) is 17.7. The second kappa shape index (κ2) is 8.91. The van der Waals surface area contributed by atoms with E-state index in [9.17, 15) is 22.4 Å². The van der Waals surface area contributed by atoms with E-state index in [-0.39, 0.29) is 16.5 Å². The van der Waals surface area contributed by atoms with Crippen molar-refractivity contribution in [3.05, 3.63) is 75.9 Å². The van der Waals surface area contributed by atoms with Gasteiger partial charge in [0.25, 0.3) is 5.91 Å². The van der Waals surface area contributed by atoms with E-state index in [0.717, 1.165) is 24.3 Å². The molecule has 0 unspecified atom stereocenters. The lowest BCUT2D eigenvalue weighted by atomic mass is 9.85. The van der Waals surface area contributed by atoms with E-state index in [1.54, 1.807) is 7.05 Å². The summed E-state index contributed by atoms with van der Waals surface area (Å²) in [5.41, 5.74) is 0.214. The van der Waals surface area contributed by atoms with Crippen molar-refractivity contribution in [3.63, 3.8) is 0 Å². The standard InChI is InChI=1S/C22H19ClF4N4O/c1-31-21(14(23)9-29-31)12-7-17(26)20(18(27)8-12)22(32)30-19-10-28-5-4-13(19)11-2-3-15(24)16(25)6-11/h2-3,6-9,13,19,28H,4-5,10H2,1H3,(H,30,32)/t13-,19+/m0/s1. The molecule has 2 heterocycles. The summed E-state index contributed by atoms with van der Waals surface area (Å²) >= 11 is 6.05. The highest BCUT2D eigenvalue weighted by Gasteiger charge is 2.30. The Hall–Kier alpha value is -2.91. The molecular formula is C22H19ClF4N4O. The van der Waals surface area contributed by atoms with Crippen molar-refractivity contribution in [2.45, 2.75) is 18.4 Å². The number of nitrogens with one attached hydrogen (secondary N) is 2. The number of aryl methyl sites for hydroxylation is 1. The van der Waals surface area contributed by atoms with Crippen LogP contribution in [0.4, 0.5) is 17.6 Å². The molecule has 2 atom stereocenters. The van der Waals surface area contributed by atoms with E-state index in [1.807, 2.05) is 0 Å². The summed E-state index contributed by atoms with van der Waals surface area (Å²) in [6.07, 6.45) is 1.88. The molecule has 0 bridgehead atoms. The van der Waals surface area contributed by atoms with E-state index in [0.29, 0.717) is 30.8 Å². The largest absolute Gasteiger partial charge is 0.347 e. The van der Waals surface area contributed by atoms with E-state index in [4.69, 9.17) is 11.6 Å². The third-order valence-corrected chi connectivity index (χ3v) is 5.88. The lowest BCUT2D eigenvalue weighted by molar-refractivity contribution is 0.0916. The molecule has 1 aromatic heterocycles. The molecule has 5 nitrogen and oxygen atoms in total. The van der Waals surface area contributed by atoms with Gasteiger partial charge in [-0.3, -0.25) is 9.48 Å². The number of halogens is 5. The van der Waals surface area contributed by atoms with Crippen LogP contribution in [0.25, 0.3) is 11.3 Å². The van der Waals surface area contributed by atoms with Crippen LogP contribution in [-0.4, -0.2) is 34.8 Å². The normalized spacial score (nSPS) is 18.6. The second-order valence-corrected chi connectivity index (χ2v) is 8.04. The Morgan fingerprint density at radius 2 is 1.84 bits per heavy atom. The first-order chi connectivity index (χ1) is 15.3. The van der Waals surface area contributed by atoms with Gasteiger partial charge in [-0.1, -0.05) is 17.7 Å². The number of carbonyl (C=O) groups excluding carboxylic acids is 1. The van der Waals surface area contributed by atoms with E-state index in [2.05, 4.69) is 15.7 Å². The number of amides is 1. The summed E-state index contributed by atoms with van der Waals surface area (Å²) in [4.78, 5) is 12.8. The fraction of sp³-hybridized carbons (Fsp3) is 0.273. The monoisotopic (exact) mass is 466 g/mol. The van der Waals surface area contributed by atoms with Crippen molar-refractivity contribution >= 4 is 17.5 Å². The molecule has 32 heavy (non-hydrogen) atoms. The number of piperidine rings is 1. The number of hydrogen-bond acceptors (Lipinski definition) is 3. The van der Waals surface area contributed by atoms with Crippen molar-refractivity contribution in [1.82, 2.24) is 20.4 Å². The summed E-state index contributed by atoms with van der Waals surface area (Å²) in [6, 6.07) is 5.01. The number of carbonyl (C=O) groups is 1. The minimum Gasteiger partial charge on any atom is -0.347 e. The lowest BCUT2D eigenvalue weighted by Crippen LogP contribution is -2.50. The molecule has 1 saturated heterocycles.